The second kappa shape index (κ2) is 10.1. The monoisotopic (exact) mass is 562 g/mol. The Labute approximate surface area is 227 Å². The molecule has 1 atom stereocenters. The van der Waals surface area contributed by atoms with Gasteiger partial charge < -0.3 is 25.0 Å². The van der Waals surface area contributed by atoms with Crippen LogP contribution in [-0.2, 0) is 0 Å². The van der Waals surface area contributed by atoms with Crippen molar-refractivity contribution in [1.82, 2.24) is 14.9 Å². The Morgan fingerprint density at radius 1 is 1.14 bits per heavy atom. The molecule has 2 aliphatic rings. The number of piperazine rings is 1. The number of hydrogen-bond acceptors (Lipinski definition) is 7. The van der Waals surface area contributed by atoms with Crippen molar-refractivity contribution in [2.75, 3.05) is 41.5 Å². The number of rotatable bonds is 4. The van der Waals surface area contributed by atoms with Crippen LogP contribution < -0.4 is 19.9 Å². The molecule has 2 N–H and O–H groups in total. The van der Waals surface area contributed by atoms with Crippen molar-refractivity contribution in [2.45, 2.75) is 13.0 Å². The highest BCUT2D eigenvalue weighted by Gasteiger charge is 2.32. The Bertz CT molecular complexity index is 1370. The molecule has 3 heterocycles. The summed E-state index contributed by atoms with van der Waals surface area (Å²) in [6.45, 7) is 3.23. The normalized spacial score (nSPS) is 17.4. The van der Waals surface area contributed by atoms with E-state index in [9.17, 15) is 14.7 Å². The zero-order valence-electron chi connectivity index (χ0n) is 19.5. The highest BCUT2D eigenvalue weighted by Crippen LogP contribution is 2.37. The molecule has 5 rings (SSSR count). The fourth-order valence-corrected chi connectivity index (χ4v) is 5.26. The summed E-state index contributed by atoms with van der Waals surface area (Å²) in [6.07, 6.45) is 0.456. The number of fused-ring (bicyclic) bond motifs is 1. The average Bonchev–Trinajstić information content (AvgIpc) is 2.85. The fourth-order valence-electron chi connectivity index (χ4n) is 4.36. The third-order valence-electron chi connectivity index (χ3n) is 6.18. The number of benzene rings is 2. The maximum absolute atomic E-state index is 13.1. The molecule has 37 heavy (non-hydrogen) atoms. The van der Waals surface area contributed by atoms with Crippen LogP contribution in [0.4, 0.5) is 27.8 Å². The molecule has 2 aliphatic heterocycles. The Morgan fingerprint density at radius 2 is 1.89 bits per heavy atom. The lowest BCUT2D eigenvalue weighted by molar-refractivity contribution is 0.0932. The number of anilines is 4. The topological polar surface area (TPSA) is 111 Å². The van der Waals surface area contributed by atoms with Crippen LogP contribution >= 0.6 is 34.8 Å². The first-order valence-corrected chi connectivity index (χ1v) is 12.4. The summed E-state index contributed by atoms with van der Waals surface area (Å²) in [5, 5.41) is 13.5. The maximum atomic E-state index is 13.1. The van der Waals surface area contributed by atoms with E-state index in [0.29, 0.717) is 46.1 Å². The van der Waals surface area contributed by atoms with Gasteiger partial charge in [0.15, 0.2) is 6.73 Å². The molecular formula is C24H21Cl3N6O4. The Hall–Kier alpha value is -3.47. The number of aromatic nitrogens is 2. The minimum absolute atomic E-state index is 0.111. The molecule has 0 bridgehead atoms. The number of para-hydroxylation sites is 1. The van der Waals surface area contributed by atoms with Crippen molar-refractivity contribution in [3.63, 3.8) is 0 Å². The van der Waals surface area contributed by atoms with Gasteiger partial charge in [0.1, 0.15) is 5.56 Å². The maximum Gasteiger partial charge on any atom is 0.407 e. The molecule has 10 nitrogen and oxygen atoms in total. The van der Waals surface area contributed by atoms with Crippen molar-refractivity contribution in [1.29, 1.82) is 0 Å². The summed E-state index contributed by atoms with van der Waals surface area (Å²) < 4.78 is 5.73. The highest BCUT2D eigenvalue weighted by atomic mass is 35.5. The van der Waals surface area contributed by atoms with Gasteiger partial charge in [0.25, 0.3) is 5.91 Å². The van der Waals surface area contributed by atoms with Crippen molar-refractivity contribution in [2.24, 2.45) is 0 Å². The number of carbonyl (C=O) groups is 2. The van der Waals surface area contributed by atoms with Crippen LogP contribution in [0.5, 0.6) is 5.88 Å². The molecule has 0 aliphatic carbocycles. The molecule has 0 saturated carbocycles. The van der Waals surface area contributed by atoms with E-state index < -0.39 is 6.09 Å². The van der Waals surface area contributed by atoms with Gasteiger partial charge in [-0.25, -0.2) is 9.78 Å². The SMILES string of the molecule is CC1CN(c2ccc(Nc3ncc4c(n3)OCN(c3c(Cl)cccc3Cl)C4=O)cc2Cl)CCN1C(=O)O. The summed E-state index contributed by atoms with van der Waals surface area (Å²) in [5.41, 5.74) is 1.98. The predicted molar refractivity (Wildman–Crippen MR) is 142 cm³/mol. The van der Waals surface area contributed by atoms with Gasteiger partial charge in [-0.2, -0.15) is 4.98 Å². The summed E-state index contributed by atoms with van der Waals surface area (Å²) in [4.78, 5) is 37.8. The highest BCUT2D eigenvalue weighted by molar-refractivity contribution is 6.40. The first-order chi connectivity index (χ1) is 17.7. The van der Waals surface area contributed by atoms with Crippen molar-refractivity contribution in [3.05, 3.63) is 63.2 Å². The Kier molecular flexibility index (Phi) is 6.89. The molecule has 1 unspecified atom stereocenters. The van der Waals surface area contributed by atoms with Gasteiger partial charge in [0, 0.05) is 37.6 Å². The van der Waals surface area contributed by atoms with E-state index in [1.165, 1.54) is 16.0 Å². The van der Waals surface area contributed by atoms with Gasteiger partial charge in [-0.1, -0.05) is 40.9 Å². The van der Waals surface area contributed by atoms with Crippen LogP contribution in [-0.4, -0.2) is 64.4 Å². The van der Waals surface area contributed by atoms with E-state index in [-0.39, 0.29) is 36.1 Å². The van der Waals surface area contributed by atoms with Crippen molar-refractivity contribution in [3.8, 4) is 5.88 Å². The average molecular weight is 564 g/mol. The molecule has 13 heteroatoms. The third kappa shape index (κ3) is 4.92. The van der Waals surface area contributed by atoms with Crippen LogP contribution in [0.3, 0.4) is 0 Å². The van der Waals surface area contributed by atoms with Crippen LogP contribution in [0.2, 0.25) is 15.1 Å². The first kappa shape index (κ1) is 25.2. The van der Waals surface area contributed by atoms with Crippen LogP contribution in [0.1, 0.15) is 17.3 Å². The number of ether oxygens (including phenoxy) is 1. The van der Waals surface area contributed by atoms with Gasteiger partial charge in [-0.05, 0) is 37.3 Å². The lowest BCUT2D eigenvalue weighted by Crippen LogP contribution is -2.53. The number of hydrogen-bond donors (Lipinski definition) is 2. The van der Waals surface area contributed by atoms with Crippen molar-refractivity contribution < 1.29 is 19.4 Å². The van der Waals surface area contributed by atoms with E-state index in [2.05, 4.69) is 20.2 Å². The Balaban J connectivity index is 1.30. The molecule has 192 valence electrons. The number of carbonyl (C=O) groups excluding carboxylic acids is 1. The van der Waals surface area contributed by atoms with E-state index in [4.69, 9.17) is 39.5 Å². The zero-order chi connectivity index (χ0) is 26.3. The lowest BCUT2D eigenvalue weighted by Gasteiger charge is -2.39. The number of amides is 2. The van der Waals surface area contributed by atoms with Gasteiger partial charge in [0.2, 0.25) is 11.8 Å². The molecule has 1 aromatic heterocycles. The number of halogens is 3. The Morgan fingerprint density at radius 3 is 2.57 bits per heavy atom. The molecule has 0 radical (unpaired) electrons. The number of nitrogens with zero attached hydrogens (tertiary/aromatic N) is 5. The van der Waals surface area contributed by atoms with Crippen LogP contribution in [0, 0.1) is 0 Å². The molecule has 3 aromatic rings. The second-order valence-corrected chi connectivity index (χ2v) is 9.77. The summed E-state index contributed by atoms with van der Waals surface area (Å²) in [6, 6.07) is 10.2. The minimum atomic E-state index is -0.922. The van der Waals surface area contributed by atoms with E-state index >= 15 is 0 Å². The number of nitrogens with one attached hydrogen (secondary N) is 1. The smallest absolute Gasteiger partial charge is 0.407 e. The minimum Gasteiger partial charge on any atom is -0.465 e. The molecule has 1 saturated heterocycles. The standard InChI is InChI=1S/C24H21Cl3N6O4/c1-13-11-31(7-8-32(13)24(35)36)19-6-5-14(9-18(19)27)29-23-28-10-15-21(30-23)37-12-33(22(15)34)20-16(25)3-2-4-17(20)26/h2-6,9-10,13H,7-8,11-12H2,1H3,(H,35,36)(H,28,29,30). The number of carboxylic acid groups (broad SMARTS) is 1. The fraction of sp³-hybridized carbons (Fsp3) is 0.250. The van der Waals surface area contributed by atoms with Gasteiger partial charge in [0.05, 0.1) is 26.4 Å². The molecular weight excluding hydrogens is 543 g/mol. The first-order valence-electron chi connectivity index (χ1n) is 11.3. The molecule has 2 aromatic carbocycles. The summed E-state index contributed by atoms with van der Waals surface area (Å²) in [5.74, 6) is -0.0226. The predicted octanol–water partition coefficient (Wildman–Crippen LogP) is 5.37. The largest absolute Gasteiger partial charge is 0.465 e. The van der Waals surface area contributed by atoms with E-state index in [0.717, 1.165) is 5.69 Å². The lowest BCUT2D eigenvalue weighted by atomic mass is 10.1. The molecule has 2 amide bonds. The molecule has 0 spiro atoms. The third-order valence-corrected chi connectivity index (χ3v) is 7.10. The summed E-state index contributed by atoms with van der Waals surface area (Å²) in [7, 11) is 0. The van der Waals surface area contributed by atoms with E-state index in [1.54, 1.807) is 24.3 Å². The van der Waals surface area contributed by atoms with Crippen LogP contribution in [0.15, 0.2) is 42.6 Å². The zero-order valence-corrected chi connectivity index (χ0v) is 21.8. The summed E-state index contributed by atoms with van der Waals surface area (Å²) >= 11 is 19.1. The van der Waals surface area contributed by atoms with Gasteiger partial charge >= 0.3 is 6.09 Å². The van der Waals surface area contributed by atoms with Gasteiger partial charge in [-0.3, -0.25) is 9.69 Å². The second-order valence-electron chi connectivity index (χ2n) is 8.55. The molecule has 1 fully saturated rings. The van der Waals surface area contributed by atoms with Crippen molar-refractivity contribution >= 4 is 69.8 Å². The van der Waals surface area contributed by atoms with E-state index in [1.807, 2.05) is 19.1 Å². The van der Waals surface area contributed by atoms with Gasteiger partial charge in [-0.15, -0.1) is 0 Å². The quantitative estimate of drug-likeness (QED) is 0.436. The van der Waals surface area contributed by atoms with Crippen LogP contribution in [0.25, 0.3) is 0 Å².